The molecular formula is C11H16BrN3O2. The molecule has 0 radical (unpaired) electrons. The van der Waals surface area contributed by atoms with Crippen molar-refractivity contribution in [3.8, 4) is 0 Å². The zero-order valence-electron chi connectivity index (χ0n) is 9.94. The highest BCUT2D eigenvalue weighted by Crippen LogP contribution is 2.25. The van der Waals surface area contributed by atoms with Crippen LogP contribution in [0.1, 0.15) is 13.8 Å². The van der Waals surface area contributed by atoms with E-state index in [2.05, 4.69) is 20.9 Å². The molecular weight excluding hydrogens is 286 g/mol. The van der Waals surface area contributed by atoms with Crippen LogP contribution in [0.3, 0.4) is 0 Å². The Labute approximate surface area is 109 Å². The quantitative estimate of drug-likeness (QED) is 0.840. The number of likely N-dealkylation sites (N-methyl/N-ethyl adjacent to an activating group) is 1. The minimum Gasteiger partial charge on any atom is -0.465 e. The molecule has 0 atom stereocenters. The summed E-state index contributed by atoms with van der Waals surface area (Å²) < 4.78 is 5.68. The van der Waals surface area contributed by atoms with Gasteiger partial charge in [-0.05, 0) is 35.8 Å². The van der Waals surface area contributed by atoms with Gasteiger partial charge >= 0.3 is 5.97 Å². The molecule has 0 fully saturated rings. The maximum atomic E-state index is 11.4. The molecule has 1 aromatic rings. The molecule has 0 aromatic carbocycles. The molecule has 17 heavy (non-hydrogen) atoms. The van der Waals surface area contributed by atoms with Crippen LogP contribution in [0.25, 0.3) is 0 Å². The Kier molecular flexibility index (Phi) is 5.21. The Morgan fingerprint density at radius 3 is 2.82 bits per heavy atom. The fourth-order valence-corrected chi connectivity index (χ4v) is 1.99. The highest BCUT2D eigenvalue weighted by molar-refractivity contribution is 9.10. The van der Waals surface area contributed by atoms with E-state index < -0.39 is 0 Å². The topological polar surface area (TPSA) is 68.5 Å². The Morgan fingerprint density at radius 2 is 2.29 bits per heavy atom. The molecule has 2 N–H and O–H groups in total. The maximum absolute atomic E-state index is 11.4. The van der Waals surface area contributed by atoms with Crippen molar-refractivity contribution in [2.75, 3.05) is 30.3 Å². The smallest absolute Gasteiger partial charge is 0.325 e. The van der Waals surface area contributed by atoms with Gasteiger partial charge in [0.25, 0.3) is 0 Å². The molecule has 1 heterocycles. The summed E-state index contributed by atoms with van der Waals surface area (Å²) in [7, 11) is 0. The Balaban J connectivity index is 2.82. The number of nitrogens with zero attached hydrogens (tertiary/aromatic N) is 2. The third kappa shape index (κ3) is 3.89. The third-order valence-electron chi connectivity index (χ3n) is 2.15. The van der Waals surface area contributed by atoms with E-state index in [0.29, 0.717) is 24.7 Å². The summed E-state index contributed by atoms with van der Waals surface area (Å²) in [6, 6.07) is 1.76. The van der Waals surface area contributed by atoms with Crippen molar-refractivity contribution in [2.45, 2.75) is 13.8 Å². The lowest BCUT2D eigenvalue weighted by atomic mass is 10.3. The normalized spacial score (nSPS) is 10.1. The number of hydrogen-bond acceptors (Lipinski definition) is 5. The minimum absolute atomic E-state index is 0.180. The lowest BCUT2D eigenvalue weighted by Gasteiger charge is -2.21. The number of carbonyl (C=O) groups excluding carboxylic acids is 1. The van der Waals surface area contributed by atoms with E-state index in [1.807, 2.05) is 11.8 Å². The molecule has 1 aromatic heterocycles. The van der Waals surface area contributed by atoms with Gasteiger partial charge in [-0.1, -0.05) is 0 Å². The van der Waals surface area contributed by atoms with Gasteiger partial charge < -0.3 is 15.4 Å². The van der Waals surface area contributed by atoms with Crippen LogP contribution in [0, 0.1) is 0 Å². The van der Waals surface area contributed by atoms with Crippen molar-refractivity contribution >= 4 is 33.4 Å². The number of halogens is 1. The Bertz CT molecular complexity index is 398. The predicted octanol–water partition coefficient (Wildman–Crippen LogP) is 1.82. The van der Waals surface area contributed by atoms with Gasteiger partial charge in [-0.3, -0.25) is 4.79 Å². The first kappa shape index (κ1) is 13.8. The summed E-state index contributed by atoms with van der Waals surface area (Å²) in [5, 5.41) is 0. The average molecular weight is 302 g/mol. The van der Waals surface area contributed by atoms with E-state index in [9.17, 15) is 4.79 Å². The molecule has 0 saturated heterocycles. The fourth-order valence-electron chi connectivity index (χ4n) is 1.38. The highest BCUT2D eigenvalue weighted by Gasteiger charge is 2.14. The molecule has 0 aliphatic carbocycles. The number of nitrogens with two attached hydrogens (primary N) is 1. The van der Waals surface area contributed by atoms with E-state index in [4.69, 9.17) is 10.5 Å². The number of hydrogen-bond donors (Lipinski definition) is 1. The first-order chi connectivity index (χ1) is 8.08. The Morgan fingerprint density at radius 1 is 1.59 bits per heavy atom. The van der Waals surface area contributed by atoms with Gasteiger partial charge in [-0.15, -0.1) is 0 Å². The van der Waals surface area contributed by atoms with E-state index in [0.717, 1.165) is 4.47 Å². The van der Waals surface area contributed by atoms with Gasteiger partial charge in [0.05, 0.1) is 23.0 Å². The van der Waals surface area contributed by atoms with Crippen LogP contribution < -0.4 is 10.6 Å². The molecule has 6 heteroatoms. The zero-order valence-corrected chi connectivity index (χ0v) is 11.5. The van der Waals surface area contributed by atoms with Gasteiger partial charge in [0.15, 0.2) is 0 Å². The van der Waals surface area contributed by atoms with Gasteiger partial charge in [0.1, 0.15) is 12.4 Å². The molecule has 0 saturated carbocycles. The number of esters is 1. The highest BCUT2D eigenvalue weighted by atomic mass is 79.9. The van der Waals surface area contributed by atoms with Crippen molar-refractivity contribution in [1.82, 2.24) is 4.98 Å². The van der Waals surface area contributed by atoms with E-state index in [1.165, 1.54) is 0 Å². The summed E-state index contributed by atoms with van der Waals surface area (Å²) in [5.74, 6) is 0.426. The number of carbonyl (C=O) groups is 1. The molecule has 0 spiro atoms. The summed E-state index contributed by atoms with van der Waals surface area (Å²) in [4.78, 5) is 17.5. The number of ether oxygens (including phenoxy) is 1. The van der Waals surface area contributed by atoms with E-state index in [-0.39, 0.29) is 12.5 Å². The lowest BCUT2D eigenvalue weighted by Crippen LogP contribution is -2.31. The van der Waals surface area contributed by atoms with Gasteiger partial charge in [0.2, 0.25) is 0 Å². The van der Waals surface area contributed by atoms with Crippen LogP contribution >= 0.6 is 15.9 Å². The van der Waals surface area contributed by atoms with Crippen LogP contribution in [0.2, 0.25) is 0 Å². The molecule has 0 amide bonds. The van der Waals surface area contributed by atoms with E-state index >= 15 is 0 Å². The van der Waals surface area contributed by atoms with Gasteiger partial charge in [-0.2, -0.15) is 0 Å². The molecule has 0 bridgehead atoms. The first-order valence-corrected chi connectivity index (χ1v) is 6.19. The van der Waals surface area contributed by atoms with Crippen LogP contribution in [0.5, 0.6) is 0 Å². The van der Waals surface area contributed by atoms with Crippen molar-refractivity contribution in [3.63, 3.8) is 0 Å². The zero-order chi connectivity index (χ0) is 12.8. The second-order valence-corrected chi connectivity index (χ2v) is 4.25. The van der Waals surface area contributed by atoms with Crippen LogP contribution in [0.15, 0.2) is 16.7 Å². The largest absolute Gasteiger partial charge is 0.465 e. The van der Waals surface area contributed by atoms with Gasteiger partial charge in [-0.25, -0.2) is 4.98 Å². The molecule has 1 rings (SSSR count). The number of pyridine rings is 1. The summed E-state index contributed by atoms with van der Waals surface area (Å²) in [5.41, 5.74) is 6.19. The number of rotatable bonds is 5. The van der Waals surface area contributed by atoms with Crippen molar-refractivity contribution in [1.29, 1.82) is 0 Å². The monoisotopic (exact) mass is 301 g/mol. The predicted molar refractivity (Wildman–Crippen MR) is 70.9 cm³/mol. The standard InChI is InChI=1S/C11H16BrN3O2/c1-3-15(7-10(16)17-4-2)11-9(12)5-8(13)6-14-11/h5-6H,3-4,7,13H2,1-2H3. The maximum Gasteiger partial charge on any atom is 0.325 e. The number of nitrogen functional groups attached to an aromatic ring is 1. The SMILES string of the molecule is CCOC(=O)CN(CC)c1ncc(N)cc1Br. The van der Waals surface area contributed by atoms with Crippen molar-refractivity contribution < 1.29 is 9.53 Å². The lowest BCUT2D eigenvalue weighted by molar-refractivity contribution is -0.141. The number of anilines is 2. The van der Waals surface area contributed by atoms with Crippen LogP contribution in [0.4, 0.5) is 11.5 Å². The molecule has 0 aliphatic rings. The number of aromatic nitrogens is 1. The van der Waals surface area contributed by atoms with E-state index in [1.54, 1.807) is 19.2 Å². The minimum atomic E-state index is -0.264. The molecule has 5 nitrogen and oxygen atoms in total. The van der Waals surface area contributed by atoms with Crippen LogP contribution in [-0.2, 0) is 9.53 Å². The summed E-state index contributed by atoms with van der Waals surface area (Å²) >= 11 is 3.38. The first-order valence-electron chi connectivity index (χ1n) is 5.40. The molecule has 0 aliphatic heterocycles. The van der Waals surface area contributed by atoms with Crippen LogP contribution in [-0.4, -0.2) is 30.6 Å². The third-order valence-corrected chi connectivity index (χ3v) is 2.73. The van der Waals surface area contributed by atoms with Crippen molar-refractivity contribution in [3.05, 3.63) is 16.7 Å². The van der Waals surface area contributed by atoms with Crippen molar-refractivity contribution in [2.24, 2.45) is 0 Å². The van der Waals surface area contributed by atoms with Gasteiger partial charge in [0, 0.05) is 6.54 Å². The average Bonchev–Trinajstić information content (AvgIpc) is 2.27. The second-order valence-electron chi connectivity index (χ2n) is 3.39. The second kappa shape index (κ2) is 6.44. The Hall–Kier alpha value is -1.30. The summed E-state index contributed by atoms with van der Waals surface area (Å²) in [6.45, 7) is 4.95. The molecule has 94 valence electrons. The fraction of sp³-hybridized carbons (Fsp3) is 0.455. The molecule has 0 unspecified atom stereocenters. The summed E-state index contributed by atoms with van der Waals surface area (Å²) in [6.07, 6.45) is 1.56.